The van der Waals surface area contributed by atoms with Gasteiger partial charge in [-0.05, 0) is 48.4 Å². The number of nitrogens with zero attached hydrogens (tertiary/aromatic N) is 1. The van der Waals surface area contributed by atoms with Crippen LogP contribution < -0.4 is 10.2 Å². The number of hydrogen-bond donors (Lipinski definition) is 1. The summed E-state index contributed by atoms with van der Waals surface area (Å²) in [4.78, 5) is 27.0. The summed E-state index contributed by atoms with van der Waals surface area (Å²) in [6, 6.07) is 14.0. The lowest BCUT2D eigenvalue weighted by Crippen LogP contribution is -2.37. The first-order chi connectivity index (χ1) is 12.6. The lowest BCUT2D eigenvalue weighted by Gasteiger charge is -2.29. The molecule has 0 fully saturated rings. The predicted octanol–water partition coefficient (Wildman–Crippen LogP) is 4.12. The molecule has 1 aliphatic heterocycles. The van der Waals surface area contributed by atoms with E-state index >= 15 is 0 Å². The zero-order valence-electron chi connectivity index (χ0n) is 15.5. The lowest BCUT2D eigenvalue weighted by atomic mass is 10.0. The van der Waals surface area contributed by atoms with E-state index in [1.54, 1.807) is 4.90 Å². The number of carbonyl (C=O) groups is 2. The van der Waals surface area contributed by atoms with Gasteiger partial charge in [-0.25, -0.2) is 0 Å². The van der Waals surface area contributed by atoms with Crippen LogP contribution >= 0.6 is 0 Å². The summed E-state index contributed by atoms with van der Waals surface area (Å²) in [6.07, 6.45) is 3.47. The summed E-state index contributed by atoms with van der Waals surface area (Å²) in [5.74, 6) is -0.379. The van der Waals surface area contributed by atoms with Gasteiger partial charge in [-0.2, -0.15) is 0 Å². The van der Waals surface area contributed by atoms with Gasteiger partial charge in [0.25, 0.3) is 0 Å². The number of nitrogens with one attached hydrogen (secondary N) is 1. The fourth-order valence-corrected chi connectivity index (χ4v) is 3.61. The molecule has 0 saturated heterocycles. The van der Waals surface area contributed by atoms with Crippen LogP contribution in [0.3, 0.4) is 0 Å². The Hall–Kier alpha value is -2.62. The molecular weight excluding hydrogens is 324 g/mol. The van der Waals surface area contributed by atoms with Gasteiger partial charge < -0.3 is 10.2 Å². The van der Waals surface area contributed by atoms with Crippen LogP contribution in [-0.2, 0) is 28.9 Å². The molecule has 4 heteroatoms. The molecule has 2 aromatic rings. The summed E-state index contributed by atoms with van der Waals surface area (Å²) in [5.41, 5.74) is 5.20. The monoisotopic (exact) mass is 350 g/mol. The molecular formula is C22H26N2O2. The van der Waals surface area contributed by atoms with Gasteiger partial charge in [0.05, 0.1) is 0 Å². The molecule has 0 radical (unpaired) electrons. The molecule has 4 nitrogen and oxygen atoms in total. The van der Waals surface area contributed by atoms with Crippen molar-refractivity contribution in [1.29, 1.82) is 0 Å². The van der Waals surface area contributed by atoms with Crippen molar-refractivity contribution < 1.29 is 9.59 Å². The third kappa shape index (κ3) is 3.79. The lowest BCUT2D eigenvalue weighted by molar-refractivity contribution is -0.125. The van der Waals surface area contributed by atoms with Crippen molar-refractivity contribution in [3.05, 3.63) is 59.2 Å². The van der Waals surface area contributed by atoms with Gasteiger partial charge in [0.1, 0.15) is 6.42 Å². The van der Waals surface area contributed by atoms with Crippen molar-refractivity contribution in [2.24, 2.45) is 0 Å². The molecule has 26 heavy (non-hydrogen) atoms. The van der Waals surface area contributed by atoms with E-state index in [1.807, 2.05) is 36.4 Å². The number of amides is 2. The van der Waals surface area contributed by atoms with Gasteiger partial charge in [0, 0.05) is 17.9 Å². The Labute approximate surface area is 155 Å². The molecule has 0 aliphatic carbocycles. The smallest absolute Gasteiger partial charge is 0.236 e. The van der Waals surface area contributed by atoms with Crippen LogP contribution in [0.25, 0.3) is 0 Å². The van der Waals surface area contributed by atoms with Crippen molar-refractivity contribution in [3.63, 3.8) is 0 Å². The normalized spacial score (nSPS) is 13.2. The molecule has 2 amide bonds. The van der Waals surface area contributed by atoms with Crippen molar-refractivity contribution >= 4 is 23.2 Å². The van der Waals surface area contributed by atoms with Gasteiger partial charge in [-0.15, -0.1) is 0 Å². The summed E-state index contributed by atoms with van der Waals surface area (Å²) >= 11 is 0. The standard InChI is InChI=1S/C22H26N2O2/c1-3-16-10-7-11-17(4-2)22(16)23-20(25)15-21(26)24-14-8-12-18-9-5-6-13-19(18)24/h5-7,9-11,13H,3-4,8,12,14-15H2,1-2H3,(H,23,25). The summed E-state index contributed by atoms with van der Waals surface area (Å²) in [7, 11) is 0. The van der Waals surface area contributed by atoms with Crippen LogP contribution in [0.2, 0.25) is 0 Å². The third-order valence-corrected chi connectivity index (χ3v) is 4.99. The molecule has 0 aromatic heterocycles. The number of carbonyl (C=O) groups excluding carboxylic acids is 2. The average molecular weight is 350 g/mol. The minimum absolute atomic E-state index is 0.129. The Bertz CT molecular complexity index is 791. The second-order valence-electron chi connectivity index (χ2n) is 6.66. The maximum atomic E-state index is 12.7. The van der Waals surface area contributed by atoms with Crippen LogP contribution in [0.4, 0.5) is 11.4 Å². The van der Waals surface area contributed by atoms with Gasteiger partial charge in [-0.3, -0.25) is 9.59 Å². The minimum atomic E-state index is -0.242. The first-order valence-electron chi connectivity index (χ1n) is 9.43. The summed E-state index contributed by atoms with van der Waals surface area (Å²) in [6.45, 7) is 4.81. The van der Waals surface area contributed by atoms with E-state index in [0.29, 0.717) is 6.54 Å². The maximum Gasteiger partial charge on any atom is 0.236 e. The highest BCUT2D eigenvalue weighted by molar-refractivity contribution is 6.09. The highest BCUT2D eigenvalue weighted by Crippen LogP contribution is 2.27. The number of para-hydroxylation sites is 2. The van der Waals surface area contributed by atoms with Crippen molar-refractivity contribution in [2.45, 2.75) is 46.0 Å². The molecule has 0 unspecified atom stereocenters. The second-order valence-corrected chi connectivity index (χ2v) is 6.66. The molecule has 136 valence electrons. The Balaban J connectivity index is 1.73. The van der Waals surface area contributed by atoms with E-state index in [2.05, 4.69) is 25.2 Å². The predicted molar refractivity (Wildman–Crippen MR) is 106 cm³/mol. The van der Waals surface area contributed by atoms with E-state index in [-0.39, 0.29) is 18.2 Å². The van der Waals surface area contributed by atoms with E-state index in [0.717, 1.165) is 48.2 Å². The largest absolute Gasteiger partial charge is 0.325 e. The van der Waals surface area contributed by atoms with E-state index < -0.39 is 0 Å². The Morgan fingerprint density at radius 1 is 1.00 bits per heavy atom. The van der Waals surface area contributed by atoms with Gasteiger partial charge >= 0.3 is 0 Å². The van der Waals surface area contributed by atoms with E-state index in [9.17, 15) is 9.59 Å². The fourth-order valence-electron chi connectivity index (χ4n) is 3.61. The average Bonchev–Trinajstić information content (AvgIpc) is 2.67. The SMILES string of the molecule is CCc1cccc(CC)c1NC(=O)CC(=O)N1CCCc2ccccc21. The van der Waals surface area contributed by atoms with Gasteiger partial charge in [0.15, 0.2) is 0 Å². The van der Waals surface area contributed by atoms with Crippen molar-refractivity contribution in [2.75, 3.05) is 16.8 Å². The van der Waals surface area contributed by atoms with Gasteiger partial charge in [0.2, 0.25) is 11.8 Å². The van der Waals surface area contributed by atoms with Crippen molar-refractivity contribution in [3.8, 4) is 0 Å². The molecule has 0 bridgehead atoms. The highest BCUT2D eigenvalue weighted by Gasteiger charge is 2.24. The molecule has 1 heterocycles. The van der Waals surface area contributed by atoms with Crippen LogP contribution in [-0.4, -0.2) is 18.4 Å². The van der Waals surface area contributed by atoms with Gasteiger partial charge in [-0.1, -0.05) is 50.2 Å². The first kappa shape index (κ1) is 18.2. The Morgan fingerprint density at radius 2 is 1.69 bits per heavy atom. The quantitative estimate of drug-likeness (QED) is 0.825. The third-order valence-electron chi connectivity index (χ3n) is 4.99. The summed E-state index contributed by atoms with van der Waals surface area (Å²) < 4.78 is 0. The van der Waals surface area contributed by atoms with Crippen LogP contribution in [0.1, 0.15) is 43.4 Å². The zero-order chi connectivity index (χ0) is 18.5. The number of hydrogen-bond acceptors (Lipinski definition) is 2. The van der Waals surface area contributed by atoms with Crippen LogP contribution in [0.5, 0.6) is 0 Å². The number of aryl methyl sites for hydroxylation is 3. The molecule has 0 saturated carbocycles. The fraction of sp³-hybridized carbons (Fsp3) is 0.364. The first-order valence-corrected chi connectivity index (χ1v) is 9.43. The zero-order valence-corrected chi connectivity index (χ0v) is 15.5. The topological polar surface area (TPSA) is 49.4 Å². The number of fused-ring (bicyclic) bond motifs is 1. The number of benzene rings is 2. The molecule has 1 aliphatic rings. The Morgan fingerprint density at radius 3 is 2.38 bits per heavy atom. The molecule has 0 spiro atoms. The second kappa shape index (κ2) is 8.17. The molecule has 3 rings (SSSR count). The van der Waals surface area contributed by atoms with Crippen molar-refractivity contribution in [1.82, 2.24) is 0 Å². The van der Waals surface area contributed by atoms with Crippen LogP contribution in [0.15, 0.2) is 42.5 Å². The molecule has 0 atom stereocenters. The summed E-state index contributed by atoms with van der Waals surface area (Å²) in [5, 5.41) is 2.99. The maximum absolute atomic E-state index is 12.7. The molecule has 1 N–H and O–H groups in total. The number of rotatable bonds is 5. The highest BCUT2D eigenvalue weighted by atomic mass is 16.2. The minimum Gasteiger partial charge on any atom is -0.325 e. The number of anilines is 2. The van der Waals surface area contributed by atoms with E-state index in [1.165, 1.54) is 5.56 Å². The van der Waals surface area contributed by atoms with E-state index in [4.69, 9.17) is 0 Å². The molecule has 2 aromatic carbocycles. The van der Waals surface area contributed by atoms with Crippen LogP contribution in [0, 0.1) is 0 Å². The Kier molecular flexibility index (Phi) is 5.71.